The molecule has 0 aromatic heterocycles. The molecule has 2 aliphatic rings. The van der Waals surface area contributed by atoms with E-state index in [2.05, 4.69) is 10.2 Å². The van der Waals surface area contributed by atoms with Crippen molar-refractivity contribution in [3.8, 4) is 5.75 Å². The van der Waals surface area contributed by atoms with E-state index in [1.165, 1.54) is 25.9 Å². The molecule has 3 rings (SSSR count). The molecular formula is C19H29N3O3. The molecule has 3 N–H and O–H groups in total. The number of anilines is 1. The van der Waals surface area contributed by atoms with Gasteiger partial charge in [-0.05, 0) is 69.5 Å². The van der Waals surface area contributed by atoms with Gasteiger partial charge in [-0.25, -0.2) is 0 Å². The number of carbonyl (C=O) groups excluding carboxylic acids is 1. The molecule has 6 nitrogen and oxygen atoms in total. The lowest BCUT2D eigenvalue weighted by molar-refractivity contribution is -0.124. The standard InChI is InChI=1S/C19H29N3O3/c1-15-14-16(21-18(23)19(20)6-11-24-12-7-19)4-5-17(15)25-13-10-22-8-2-3-9-22/h4-5,14H,2-3,6-13,20H2,1H3,(H,21,23). The second-order valence-corrected chi connectivity index (χ2v) is 7.10. The largest absolute Gasteiger partial charge is 0.492 e. The second-order valence-electron chi connectivity index (χ2n) is 7.10. The third-order valence-corrected chi connectivity index (χ3v) is 5.13. The molecule has 2 heterocycles. The number of nitrogens with zero attached hydrogens (tertiary/aromatic N) is 1. The van der Waals surface area contributed by atoms with Crippen molar-refractivity contribution in [3.05, 3.63) is 23.8 Å². The summed E-state index contributed by atoms with van der Waals surface area (Å²) in [5.74, 6) is 0.726. The molecule has 0 spiro atoms. The van der Waals surface area contributed by atoms with Crippen LogP contribution in [0.25, 0.3) is 0 Å². The second kappa shape index (κ2) is 8.17. The van der Waals surface area contributed by atoms with Crippen LogP contribution in [0.3, 0.4) is 0 Å². The van der Waals surface area contributed by atoms with Crippen LogP contribution in [-0.4, -0.2) is 55.8 Å². The number of hydrogen-bond donors (Lipinski definition) is 2. The van der Waals surface area contributed by atoms with E-state index in [9.17, 15) is 4.79 Å². The minimum Gasteiger partial charge on any atom is -0.492 e. The Bertz CT molecular complexity index is 594. The zero-order valence-corrected chi connectivity index (χ0v) is 15.1. The number of rotatable bonds is 6. The summed E-state index contributed by atoms with van der Waals surface area (Å²) in [6.45, 7) is 7.08. The first-order valence-corrected chi connectivity index (χ1v) is 9.21. The molecule has 2 aliphatic heterocycles. The van der Waals surface area contributed by atoms with E-state index in [-0.39, 0.29) is 5.91 Å². The number of carbonyl (C=O) groups is 1. The van der Waals surface area contributed by atoms with E-state index in [0.717, 1.165) is 23.5 Å². The number of aryl methyl sites for hydroxylation is 1. The van der Waals surface area contributed by atoms with Crippen LogP contribution < -0.4 is 15.8 Å². The SMILES string of the molecule is Cc1cc(NC(=O)C2(N)CCOCC2)ccc1OCCN1CCCC1. The van der Waals surface area contributed by atoms with E-state index in [4.69, 9.17) is 15.2 Å². The zero-order valence-electron chi connectivity index (χ0n) is 15.1. The third kappa shape index (κ3) is 4.71. The van der Waals surface area contributed by atoms with Crippen LogP contribution in [0.4, 0.5) is 5.69 Å². The van der Waals surface area contributed by atoms with Gasteiger partial charge in [0, 0.05) is 25.4 Å². The fraction of sp³-hybridized carbons (Fsp3) is 0.632. The van der Waals surface area contributed by atoms with Gasteiger partial charge in [-0.3, -0.25) is 9.69 Å². The van der Waals surface area contributed by atoms with Gasteiger partial charge in [-0.2, -0.15) is 0 Å². The van der Waals surface area contributed by atoms with E-state index >= 15 is 0 Å². The van der Waals surface area contributed by atoms with Crippen molar-refractivity contribution < 1.29 is 14.3 Å². The summed E-state index contributed by atoms with van der Waals surface area (Å²) in [4.78, 5) is 14.9. The lowest BCUT2D eigenvalue weighted by Gasteiger charge is -2.31. The van der Waals surface area contributed by atoms with Crippen molar-refractivity contribution >= 4 is 11.6 Å². The van der Waals surface area contributed by atoms with Crippen molar-refractivity contribution in [1.29, 1.82) is 0 Å². The molecule has 0 aliphatic carbocycles. The van der Waals surface area contributed by atoms with Crippen LogP contribution in [0.5, 0.6) is 5.75 Å². The van der Waals surface area contributed by atoms with Gasteiger partial charge in [0.15, 0.2) is 0 Å². The molecule has 2 saturated heterocycles. The molecule has 0 unspecified atom stereocenters. The smallest absolute Gasteiger partial charge is 0.244 e. The van der Waals surface area contributed by atoms with Gasteiger partial charge in [-0.1, -0.05) is 0 Å². The summed E-state index contributed by atoms with van der Waals surface area (Å²) in [6.07, 6.45) is 3.69. The molecule has 0 saturated carbocycles. The lowest BCUT2D eigenvalue weighted by Crippen LogP contribution is -2.54. The highest BCUT2D eigenvalue weighted by molar-refractivity contribution is 5.98. The van der Waals surface area contributed by atoms with Gasteiger partial charge in [0.2, 0.25) is 5.91 Å². The molecule has 25 heavy (non-hydrogen) atoms. The lowest BCUT2D eigenvalue weighted by atomic mass is 9.90. The molecule has 0 atom stereocenters. The number of amides is 1. The molecule has 1 aromatic rings. The summed E-state index contributed by atoms with van der Waals surface area (Å²) in [7, 11) is 0. The van der Waals surface area contributed by atoms with Gasteiger partial charge in [0.1, 0.15) is 17.9 Å². The maximum absolute atomic E-state index is 12.5. The third-order valence-electron chi connectivity index (χ3n) is 5.13. The first kappa shape index (κ1) is 18.2. The number of benzene rings is 1. The number of nitrogens with one attached hydrogen (secondary N) is 1. The minimum absolute atomic E-state index is 0.141. The molecular weight excluding hydrogens is 318 g/mol. The van der Waals surface area contributed by atoms with Crippen LogP contribution in [0, 0.1) is 6.92 Å². The average molecular weight is 347 g/mol. The monoisotopic (exact) mass is 347 g/mol. The molecule has 0 bridgehead atoms. The fourth-order valence-corrected chi connectivity index (χ4v) is 3.40. The molecule has 138 valence electrons. The van der Waals surface area contributed by atoms with Crippen LogP contribution in [-0.2, 0) is 9.53 Å². The normalized spacial score (nSPS) is 20.4. The first-order valence-electron chi connectivity index (χ1n) is 9.21. The Kier molecular flexibility index (Phi) is 5.93. The first-order chi connectivity index (χ1) is 12.1. The summed E-state index contributed by atoms with van der Waals surface area (Å²) in [5.41, 5.74) is 7.15. The summed E-state index contributed by atoms with van der Waals surface area (Å²) >= 11 is 0. The quantitative estimate of drug-likeness (QED) is 0.822. The van der Waals surface area contributed by atoms with E-state index in [0.29, 0.717) is 32.7 Å². The van der Waals surface area contributed by atoms with Crippen LogP contribution in [0.1, 0.15) is 31.2 Å². The Labute approximate surface area is 149 Å². The van der Waals surface area contributed by atoms with E-state index < -0.39 is 5.54 Å². The van der Waals surface area contributed by atoms with Crippen molar-refractivity contribution in [3.63, 3.8) is 0 Å². The Hall–Kier alpha value is -1.63. The van der Waals surface area contributed by atoms with Crippen LogP contribution in [0.2, 0.25) is 0 Å². The highest BCUT2D eigenvalue weighted by Crippen LogP contribution is 2.24. The van der Waals surface area contributed by atoms with Crippen molar-refractivity contribution in [1.82, 2.24) is 4.90 Å². The maximum atomic E-state index is 12.5. The molecule has 1 aromatic carbocycles. The zero-order chi connectivity index (χ0) is 17.7. The minimum atomic E-state index is -0.836. The highest BCUT2D eigenvalue weighted by atomic mass is 16.5. The number of likely N-dealkylation sites (tertiary alicyclic amines) is 1. The van der Waals surface area contributed by atoms with E-state index in [1.54, 1.807) is 0 Å². The highest BCUT2D eigenvalue weighted by Gasteiger charge is 2.35. The van der Waals surface area contributed by atoms with Crippen LogP contribution >= 0.6 is 0 Å². The molecule has 2 fully saturated rings. The number of hydrogen-bond acceptors (Lipinski definition) is 5. The van der Waals surface area contributed by atoms with Gasteiger partial charge in [0.05, 0.1) is 0 Å². The summed E-state index contributed by atoms with van der Waals surface area (Å²) in [5, 5.41) is 2.94. The van der Waals surface area contributed by atoms with Crippen LogP contribution in [0.15, 0.2) is 18.2 Å². The molecule has 0 radical (unpaired) electrons. The van der Waals surface area contributed by atoms with Gasteiger partial charge < -0.3 is 20.5 Å². The molecule has 1 amide bonds. The molecule has 6 heteroatoms. The van der Waals surface area contributed by atoms with Gasteiger partial charge >= 0.3 is 0 Å². The van der Waals surface area contributed by atoms with Gasteiger partial charge in [-0.15, -0.1) is 0 Å². The topological polar surface area (TPSA) is 76.8 Å². The fourth-order valence-electron chi connectivity index (χ4n) is 3.40. The van der Waals surface area contributed by atoms with Crippen molar-refractivity contribution in [2.75, 3.05) is 44.8 Å². The number of nitrogens with two attached hydrogens (primary N) is 1. The van der Waals surface area contributed by atoms with E-state index in [1.807, 2.05) is 25.1 Å². The summed E-state index contributed by atoms with van der Waals surface area (Å²) < 4.78 is 11.2. The Morgan fingerprint density at radius 1 is 1.32 bits per heavy atom. The predicted molar refractivity (Wildman–Crippen MR) is 97.9 cm³/mol. The Morgan fingerprint density at radius 3 is 2.72 bits per heavy atom. The van der Waals surface area contributed by atoms with Crippen molar-refractivity contribution in [2.45, 2.75) is 38.1 Å². The summed E-state index contributed by atoms with van der Waals surface area (Å²) in [6, 6.07) is 5.73. The Balaban J connectivity index is 1.53. The number of ether oxygens (including phenoxy) is 2. The maximum Gasteiger partial charge on any atom is 0.244 e. The average Bonchev–Trinajstić information content (AvgIpc) is 3.11. The predicted octanol–water partition coefficient (Wildman–Crippen LogP) is 1.92. The Morgan fingerprint density at radius 2 is 2.04 bits per heavy atom. The van der Waals surface area contributed by atoms with Crippen molar-refractivity contribution in [2.24, 2.45) is 5.73 Å². The van der Waals surface area contributed by atoms with Gasteiger partial charge in [0.25, 0.3) is 0 Å².